The van der Waals surface area contributed by atoms with E-state index in [1.54, 1.807) is 12.1 Å². The first-order chi connectivity index (χ1) is 11.1. The predicted molar refractivity (Wildman–Crippen MR) is 87.5 cm³/mol. The summed E-state index contributed by atoms with van der Waals surface area (Å²) in [5.74, 6) is -1.04. The van der Waals surface area contributed by atoms with Crippen molar-refractivity contribution in [2.45, 2.75) is 6.42 Å². The van der Waals surface area contributed by atoms with Crippen LogP contribution in [-0.4, -0.2) is 15.5 Å². The molecular formula is C17H13N3O3. The zero-order valence-electron chi connectivity index (χ0n) is 12.1. The van der Waals surface area contributed by atoms with Crippen LogP contribution in [0.1, 0.15) is 10.4 Å². The number of rotatable bonds is 2. The first-order valence-corrected chi connectivity index (χ1v) is 7.12. The molecule has 3 N–H and O–H groups in total. The number of benzene rings is 2. The number of oxazole rings is 1. The van der Waals surface area contributed by atoms with Crippen molar-refractivity contribution >= 4 is 33.6 Å². The Hall–Kier alpha value is -3.28. The zero-order chi connectivity index (χ0) is 16.0. The van der Waals surface area contributed by atoms with Gasteiger partial charge in [-0.25, -0.2) is 9.36 Å². The highest BCUT2D eigenvalue weighted by atomic mass is 16.4. The highest BCUT2D eigenvalue weighted by Crippen LogP contribution is 2.18. The molecule has 4 aromatic rings. The molecular weight excluding hydrogens is 294 g/mol. The van der Waals surface area contributed by atoms with E-state index in [9.17, 15) is 9.59 Å². The highest BCUT2D eigenvalue weighted by Gasteiger charge is 2.16. The predicted octanol–water partition coefficient (Wildman–Crippen LogP) is 2.54. The van der Waals surface area contributed by atoms with Gasteiger partial charge in [-0.15, -0.1) is 0 Å². The van der Waals surface area contributed by atoms with Gasteiger partial charge in [-0.2, -0.15) is 0 Å². The van der Waals surface area contributed by atoms with Crippen molar-refractivity contribution in [2.75, 3.05) is 5.73 Å². The van der Waals surface area contributed by atoms with Crippen LogP contribution in [0.5, 0.6) is 0 Å². The first kappa shape index (κ1) is 13.4. The Bertz CT molecular complexity index is 1100. The van der Waals surface area contributed by atoms with E-state index in [4.69, 9.17) is 10.2 Å². The Morgan fingerprint density at radius 3 is 2.91 bits per heavy atom. The van der Waals surface area contributed by atoms with Gasteiger partial charge in [-0.3, -0.25) is 4.79 Å². The number of fused-ring (bicyclic) bond motifs is 2. The van der Waals surface area contributed by atoms with Crippen molar-refractivity contribution < 1.29 is 9.21 Å². The van der Waals surface area contributed by atoms with Gasteiger partial charge < -0.3 is 15.1 Å². The van der Waals surface area contributed by atoms with Gasteiger partial charge in [-0.1, -0.05) is 12.1 Å². The van der Waals surface area contributed by atoms with Crippen LogP contribution in [0.25, 0.3) is 22.0 Å². The molecule has 4 rings (SSSR count). The average Bonchev–Trinajstić information content (AvgIpc) is 3.09. The number of aromatic nitrogens is 2. The average molecular weight is 307 g/mol. The van der Waals surface area contributed by atoms with Crippen LogP contribution in [0.4, 0.5) is 5.69 Å². The number of nitrogens with one attached hydrogen (secondary N) is 1. The van der Waals surface area contributed by atoms with E-state index in [-0.39, 0.29) is 12.3 Å². The Balaban J connectivity index is 1.74. The van der Waals surface area contributed by atoms with Crippen molar-refractivity contribution in [2.24, 2.45) is 0 Å². The third-order valence-corrected chi connectivity index (χ3v) is 3.83. The number of aromatic amines is 1. The minimum absolute atomic E-state index is 0.105. The number of carbonyl (C=O) groups excluding carboxylic acids is 1. The minimum atomic E-state index is -0.698. The molecule has 0 aliphatic heterocycles. The normalized spacial score (nSPS) is 11.3. The molecule has 0 saturated carbocycles. The number of carbonyl (C=O) groups is 1. The Kier molecular flexibility index (Phi) is 2.84. The van der Waals surface area contributed by atoms with Crippen LogP contribution in [0.15, 0.2) is 57.9 Å². The molecule has 2 aromatic carbocycles. The fourth-order valence-corrected chi connectivity index (χ4v) is 2.73. The molecule has 0 fully saturated rings. The number of hydrogen-bond acceptors (Lipinski definition) is 4. The van der Waals surface area contributed by atoms with Crippen LogP contribution >= 0.6 is 0 Å². The Morgan fingerprint density at radius 2 is 2.04 bits per heavy atom. The monoisotopic (exact) mass is 307 g/mol. The number of nitrogens with zero attached hydrogens (tertiary/aromatic N) is 1. The smallest absolute Gasteiger partial charge is 0.407 e. The van der Waals surface area contributed by atoms with E-state index >= 15 is 0 Å². The van der Waals surface area contributed by atoms with Crippen LogP contribution < -0.4 is 11.5 Å². The molecule has 2 aromatic heterocycles. The van der Waals surface area contributed by atoms with Gasteiger partial charge in [0.15, 0.2) is 5.58 Å². The molecule has 23 heavy (non-hydrogen) atoms. The third kappa shape index (κ3) is 2.20. The van der Waals surface area contributed by atoms with Gasteiger partial charge in [0.05, 0.1) is 11.9 Å². The van der Waals surface area contributed by atoms with Crippen molar-refractivity contribution in [1.29, 1.82) is 0 Å². The summed E-state index contributed by atoms with van der Waals surface area (Å²) in [6.07, 6.45) is 1.95. The number of H-pyrrole nitrogens is 1. The number of nitrogen functional groups attached to an aromatic ring is 1. The lowest BCUT2D eigenvalue weighted by molar-refractivity contribution is 0.0910. The molecule has 6 heteroatoms. The van der Waals surface area contributed by atoms with Gasteiger partial charge in [0.1, 0.15) is 0 Å². The molecule has 0 unspecified atom stereocenters. The van der Waals surface area contributed by atoms with Crippen molar-refractivity contribution in [3.8, 4) is 0 Å². The lowest BCUT2D eigenvalue weighted by atomic mass is 10.1. The summed E-state index contributed by atoms with van der Waals surface area (Å²) in [5.41, 5.74) is 8.65. The maximum absolute atomic E-state index is 12.5. The van der Waals surface area contributed by atoms with E-state index in [1.165, 1.54) is 6.07 Å². The molecule has 0 bridgehead atoms. The van der Waals surface area contributed by atoms with Crippen molar-refractivity contribution in [1.82, 2.24) is 9.55 Å². The van der Waals surface area contributed by atoms with E-state index in [0.29, 0.717) is 16.8 Å². The minimum Gasteiger partial charge on any atom is -0.407 e. The van der Waals surface area contributed by atoms with Crippen LogP contribution in [0.3, 0.4) is 0 Å². The lowest BCUT2D eigenvalue weighted by Gasteiger charge is -2.03. The SMILES string of the molecule is Nc1ccc2c(c1)oc(=O)n2C(=O)Cc1ccc2cc[nH]c2c1. The third-order valence-electron chi connectivity index (χ3n) is 3.83. The summed E-state index contributed by atoms with van der Waals surface area (Å²) in [6.45, 7) is 0. The maximum atomic E-state index is 12.5. The fourth-order valence-electron chi connectivity index (χ4n) is 2.73. The maximum Gasteiger partial charge on any atom is 0.426 e. The summed E-state index contributed by atoms with van der Waals surface area (Å²) in [7, 11) is 0. The molecule has 114 valence electrons. The Labute approximate surface area is 130 Å². The second kappa shape index (κ2) is 4.88. The van der Waals surface area contributed by atoms with Gasteiger partial charge in [-0.05, 0) is 35.2 Å². The van der Waals surface area contributed by atoms with Gasteiger partial charge in [0, 0.05) is 23.5 Å². The van der Waals surface area contributed by atoms with Gasteiger partial charge >= 0.3 is 5.76 Å². The number of nitrogens with two attached hydrogens (primary N) is 1. The zero-order valence-corrected chi connectivity index (χ0v) is 12.1. The van der Waals surface area contributed by atoms with E-state index in [2.05, 4.69) is 4.98 Å². The van der Waals surface area contributed by atoms with Crippen LogP contribution in [0, 0.1) is 0 Å². The molecule has 0 amide bonds. The topological polar surface area (TPSA) is 94.0 Å². The molecule has 0 spiro atoms. The molecule has 0 aliphatic carbocycles. The quantitative estimate of drug-likeness (QED) is 0.556. The van der Waals surface area contributed by atoms with E-state index in [1.807, 2.05) is 30.5 Å². The molecule has 0 atom stereocenters. The molecule has 2 heterocycles. The summed E-state index contributed by atoms with van der Waals surface area (Å²) >= 11 is 0. The second-order valence-electron chi connectivity index (χ2n) is 5.40. The van der Waals surface area contributed by atoms with E-state index in [0.717, 1.165) is 21.0 Å². The fraction of sp³-hybridized carbons (Fsp3) is 0.0588. The summed E-state index contributed by atoms with van der Waals surface area (Å²) < 4.78 is 6.15. The van der Waals surface area contributed by atoms with Crippen LogP contribution in [-0.2, 0) is 6.42 Å². The van der Waals surface area contributed by atoms with E-state index < -0.39 is 5.76 Å². The summed E-state index contributed by atoms with van der Waals surface area (Å²) in [6, 6.07) is 12.4. The molecule has 6 nitrogen and oxygen atoms in total. The second-order valence-corrected chi connectivity index (χ2v) is 5.40. The van der Waals surface area contributed by atoms with Crippen molar-refractivity contribution in [3.05, 3.63) is 64.8 Å². The summed E-state index contributed by atoms with van der Waals surface area (Å²) in [5, 5.41) is 1.07. The molecule has 0 aliphatic rings. The summed E-state index contributed by atoms with van der Waals surface area (Å²) in [4.78, 5) is 27.6. The molecule has 0 radical (unpaired) electrons. The van der Waals surface area contributed by atoms with Gasteiger partial charge in [0.25, 0.3) is 0 Å². The number of anilines is 1. The molecule has 0 saturated heterocycles. The highest BCUT2D eigenvalue weighted by molar-refractivity contribution is 5.92. The van der Waals surface area contributed by atoms with Gasteiger partial charge in [0.2, 0.25) is 5.91 Å². The first-order valence-electron chi connectivity index (χ1n) is 7.12. The standard InChI is InChI=1S/C17H13N3O3/c18-12-3-4-14-15(9-12)23-17(22)20(14)16(21)8-10-1-2-11-5-6-19-13(11)7-10/h1-7,9,19H,8,18H2. The van der Waals surface area contributed by atoms with Crippen LogP contribution in [0.2, 0.25) is 0 Å². The lowest BCUT2D eigenvalue weighted by Crippen LogP contribution is -2.24. The number of hydrogen-bond donors (Lipinski definition) is 2. The largest absolute Gasteiger partial charge is 0.426 e. The van der Waals surface area contributed by atoms with Crippen molar-refractivity contribution in [3.63, 3.8) is 0 Å². The Morgan fingerprint density at radius 1 is 1.17 bits per heavy atom.